The maximum atomic E-state index is 5.17. The molecule has 1 heterocycles. The number of benzene rings is 2. The first kappa shape index (κ1) is 18.6. The summed E-state index contributed by atoms with van der Waals surface area (Å²) in [5.41, 5.74) is 3.50. The first-order valence-corrected chi connectivity index (χ1v) is 9.07. The molecular weight excluding hydrogens is 338 g/mol. The van der Waals surface area contributed by atoms with Gasteiger partial charge in [-0.1, -0.05) is 38.1 Å². The van der Waals surface area contributed by atoms with Crippen molar-refractivity contribution in [1.82, 2.24) is 15.2 Å². The second-order valence-corrected chi connectivity index (χ2v) is 6.59. The van der Waals surface area contributed by atoms with Gasteiger partial charge < -0.3 is 15.4 Å². The molecule has 0 saturated heterocycles. The summed E-state index contributed by atoms with van der Waals surface area (Å²) in [5, 5.41) is 14.5. The second-order valence-electron chi connectivity index (χ2n) is 6.59. The molecular formula is C21H25N5O. The highest BCUT2D eigenvalue weighted by Gasteiger charge is 2.03. The van der Waals surface area contributed by atoms with E-state index >= 15 is 0 Å². The summed E-state index contributed by atoms with van der Waals surface area (Å²) in [5.74, 6) is 2.54. The largest absolute Gasteiger partial charge is 0.497 e. The lowest BCUT2D eigenvalue weighted by atomic mass is 10.0. The molecule has 0 radical (unpaired) electrons. The summed E-state index contributed by atoms with van der Waals surface area (Å²) in [6.45, 7) is 5.09. The number of hydrogen-bond acceptors (Lipinski definition) is 6. The Hall–Kier alpha value is -3.15. The number of anilines is 3. The van der Waals surface area contributed by atoms with Crippen LogP contribution in [0.15, 0.2) is 54.7 Å². The molecule has 3 aromatic rings. The molecule has 0 unspecified atom stereocenters. The van der Waals surface area contributed by atoms with E-state index in [1.807, 2.05) is 24.3 Å². The summed E-state index contributed by atoms with van der Waals surface area (Å²) in [4.78, 5) is 4.47. The third kappa shape index (κ3) is 5.41. The van der Waals surface area contributed by atoms with Crippen LogP contribution in [0.1, 0.15) is 30.9 Å². The number of ether oxygens (including phenoxy) is 1. The molecule has 1 aromatic heterocycles. The first-order valence-electron chi connectivity index (χ1n) is 9.07. The van der Waals surface area contributed by atoms with Gasteiger partial charge in [0.2, 0.25) is 5.95 Å². The van der Waals surface area contributed by atoms with Gasteiger partial charge in [0.1, 0.15) is 5.75 Å². The normalized spacial score (nSPS) is 10.7. The van der Waals surface area contributed by atoms with Gasteiger partial charge in [-0.3, -0.25) is 0 Å². The van der Waals surface area contributed by atoms with Crippen molar-refractivity contribution in [1.29, 1.82) is 0 Å². The molecule has 0 amide bonds. The van der Waals surface area contributed by atoms with Crippen LogP contribution in [0.3, 0.4) is 0 Å². The van der Waals surface area contributed by atoms with Gasteiger partial charge in [0, 0.05) is 12.2 Å². The standard InChI is InChI=1S/C21H25N5O/c1-15(2)17-6-8-18(9-7-17)24-20-14-23-26-21(25-20)22-13-12-16-4-10-19(27-3)11-5-16/h4-11,14-15H,12-13H2,1-3H3,(H2,22,24,25,26). The number of hydrogen-bond donors (Lipinski definition) is 2. The maximum Gasteiger partial charge on any atom is 0.244 e. The van der Waals surface area contributed by atoms with Crippen LogP contribution in [-0.2, 0) is 6.42 Å². The highest BCUT2D eigenvalue weighted by atomic mass is 16.5. The van der Waals surface area contributed by atoms with Gasteiger partial charge in [-0.2, -0.15) is 10.1 Å². The molecule has 6 heteroatoms. The zero-order valence-electron chi connectivity index (χ0n) is 15.9. The van der Waals surface area contributed by atoms with Crippen molar-refractivity contribution >= 4 is 17.5 Å². The lowest BCUT2D eigenvalue weighted by molar-refractivity contribution is 0.414. The molecule has 0 bridgehead atoms. The molecule has 0 saturated carbocycles. The van der Waals surface area contributed by atoms with Crippen LogP contribution in [0, 0.1) is 0 Å². The fraction of sp³-hybridized carbons (Fsp3) is 0.286. The minimum absolute atomic E-state index is 0.507. The lowest BCUT2D eigenvalue weighted by Crippen LogP contribution is -2.09. The average molecular weight is 363 g/mol. The SMILES string of the molecule is COc1ccc(CCNc2nncc(Nc3ccc(C(C)C)cc3)n2)cc1. The number of methoxy groups -OCH3 is 1. The minimum Gasteiger partial charge on any atom is -0.497 e. The van der Waals surface area contributed by atoms with Crippen LogP contribution in [0.5, 0.6) is 5.75 Å². The Balaban J connectivity index is 1.55. The Bertz CT molecular complexity index is 847. The molecule has 0 fully saturated rings. The molecule has 27 heavy (non-hydrogen) atoms. The smallest absolute Gasteiger partial charge is 0.244 e. The quantitative estimate of drug-likeness (QED) is 0.618. The third-order valence-electron chi connectivity index (χ3n) is 4.26. The van der Waals surface area contributed by atoms with Gasteiger partial charge in [-0.15, -0.1) is 5.10 Å². The maximum absolute atomic E-state index is 5.17. The third-order valence-corrected chi connectivity index (χ3v) is 4.26. The highest BCUT2D eigenvalue weighted by molar-refractivity contribution is 5.56. The number of rotatable bonds is 8. The molecule has 2 N–H and O–H groups in total. The molecule has 0 aliphatic carbocycles. The Morgan fingerprint density at radius 2 is 1.74 bits per heavy atom. The van der Waals surface area contributed by atoms with Crippen molar-refractivity contribution in [3.63, 3.8) is 0 Å². The first-order chi connectivity index (χ1) is 13.1. The van der Waals surface area contributed by atoms with Crippen molar-refractivity contribution in [3.05, 3.63) is 65.9 Å². The van der Waals surface area contributed by atoms with Crippen LogP contribution in [-0.4, -0.2) is 28.8 Å². The van der Waals surface area contributed by atoms with Gasteiger partial charge in [0.15, 0.2) is 5.82 Å². The second kappa shape index (κ2) is 8.98. The summed E-state index contributed by atoms with van der Waals surface area (Å²) >= 11 is 0. The summed E-state index contributed by atoms with van der Waals surface area (Å²) in [7, 11) is 1.67. The van der Waals surface area contributed by atoms with E-state index in [-0.39, 0.29) is 0 Å². The molecule has 3 rings (SSSR count). The van der Waals surface area contributed by atoms with Gasteiger partial charge in [0.25, 0.3) is 0 Å². The fourth-order valence-electron chi connectivity index (χ4n) is 2.65. The van der Waals surface area contributed by atoms with E-state index in [1.165, 1.54) is 11.1 Å². The van der Waals surface area contributed by atoms with E-state index in [9.17, 15) is 0 Å². The van der Waals surface area contributed by atoms with E-state index in [0.29, 0.717) is 17.7 Å². The Kier molecular flexibility index (Phi) is 6.20. The molecule has 0 aliphatic rings. The van der Waals surface area contributed by atoms with Crippen molar-refractivity contribution in [2.75, 3.05) is 24.3 Å². The van der Waals surface area contributed by atoms with Gasteiger partial charge in [0.05, 0.1) is 13.3 Å². The van der Waals surface area contributed by atoms with Gasteiger partial charge >= 0.3 is 0 Å². The monoisotopic (exact) mass is 363 g/mol. The van der Waals surface area contributed by atoms with Crippen LogP contribution >= 0.6 is 0 Å². The molecule has 140 valence electrons. The summed E-state index contributed by atoms with van der Waals surface area (Å²) in [6.07, 6.45) is 2.48. The van der Waals surface area contributed by atoms with Gasteiger partial charge in [-0.05, 0) is 47.7 Å². The van der Waals surface area contributed by atoms with E-state index in [1.54, 1.807) is 13.3 Å². The molecule has 2 aromatic carbocycles. The topological polar surface area (TPSA) is 72.0 Å². The lowest BCUT2D eigenvalue weighted by Gasteiger charge is -2.10. The predicted octanol–water partition coefficient (Wildman–Crippen LogP) is 4.40. The van der Waals surface area contributed by atoms with Crippen molar-refractivity contribution in [3.8, 4) is 5.75 Å². The molecule has 6 nitrogen and oxygen atoms in total. The number of aromatic nitrogens is 3. The van der Waals surface area contributed by atoms with Crippen LogP contribution in [0.25, 0.3) is 0 Å². The fourth-order valence-corrected chi connectivity index (χ4v) is 2.65. The van der Waals surface area contributed by atoms with Crippen molar-refractivity contribution < 1.29 is 4.74 Å². The zero-order chi connectivity index (χ0) is 19.1. The summed E-state index contributed by atoms with van der Waals surface area (Å²) in [6, 6.07) is 16.4. The van der Waals surface area contributed by atoms with E-state index in [0.717, 1.165) is 24.4 Å². The molecule has 0 aliphatic heterocycles. The minimum atomic E-state index is 0.507. The summed E-state index contributed by atoms with van der Waals surface area (Å²) < 4.78 is 5.17. The predicted molar refractivity (Wildman–Crippen MR) is 109 cm³/mol. The molecule has 0 spiro atoms. The van der Waals surface area contributed by atoms with Crippen LogP contribution in [0.4, 0.5) is 17.5 Å². The van der Waals surface area contributed by atoms with E-state index in [2.05, 4.69) is 63.9 Å². The zero-order valence-corrected chi connectivity index (χ0v) is 15.9. The van der Waals surface area contributed by atoms with Crippen LogP contribution < -0.4 is 15.4 Å². The van der Waals surface area contributed by atoms with Gasteiger partial charge in [-0.25, -0.2) is 0 Å². The highest BCUT2D eigenvalue weighted by Crippen LogP contribution is 2.19. The number of nitrogens with one attached hydrogen (secondary N) is 2. The Labute approximate surface area is 160 Å². The average Bonchev–Trinajstić information content (AvgIpc) is 2.69. The van der Waals surface area contributed by atoms with Crippen molar-refractivity contribution in [2.45, 2.75) is 26.2 Å². The number of nitrogens with zero attached hydrogens (tertiary/aromatic N) is 3. The van der Waals surface area contributed by atoms with E-state index < -0.39 is 0 Å². The van der Waals surface area contributed by atoms with Crippen LogP contribution in [0.2, 0.25) is 0 Å². The Morgan fingerprint density at radius 3 is 2.41 bits per heavy atom. The van der Waals surface area contributed by atoms with Crippen molar-refractivity contribution in [2.24, 2.45) is 0 Å². The van der Waals surface area contributed by atoms with E-state index in [4.69, 9.17) is 4.74 Å². The molecule has 0 atom stereocenters. The Morgan fingerprint density at radius 1 is 1.00 bits per heavy atom.